The normalized spacial score (nSPS) is 17.7. The van der Waals surface area contributed by atoms with Crippen molar-refractivity contribution >= 4 is 43.4 Å². The fourth-order valence-corrected chi connectivity index (χ4v) is 6.89. The van der Waals surface area contributed by atoms with E-state index < -0.39 is 9.84 Å². The van der Waals surface area contributed by atoms with Crippen molar-refractivity contribution in [3.8, 4) is 16.9 Å². The van der Waals surface area contributed by atoms with E-state index in [4.69, 9.17) is 16.3 Å². The highest BCUT2D eigenvalue weighted by atomic mass is 35.5. The summed E-state index contributed by atoms with van der Waals surface area (Å²) >= 11 is 6.31. The Bertz CT molecular complexity index is 1540. The summed E-state index contributed by atoms with van der Waals surface area (Å²) in [7, 11) is -3.31. The van der Waals surface area contributed by atoms with Crippen molar-refractivity contribution in [3.63, 3.8) is 0 Å². The molecule has 2 N–H and O–H groups in total. The Balaban J connectivity index is 1.38. The Kier molecular flexibility index (Phi) is 6.16. The molecule has 2 aromatic carbocycles. The van der Waals surface area contributed by atoms with Crippen LogP contribution in [0, 0.1) is 0 Å². The van der Waals surface area contributed by atoms with E-state index in [2.05, 4.69) is 14.9 Å². The van der Waals surface area contributed by atoms with E-state index in [0.717, 1.165) is 72.7 Å². The molecule has 0 bridgehead atoms. The van der Waals surface area contributed by atoms with Crippen LogP contribution < -0.4 is 4.74 Å². The number of aromatic amines is 1. The van der Waals surface area contributed by atoms with Crippen LogP contribution in [0.2, 0.25) is 5.02 Å². The molecule has 0 radical (unpaired) electrons. The largest absolute Gasteiger partial charge is 0.490 e. The van der Waals surface area contributed by atoms with Gasteiger partial charge in [-0.1, -0.05) is 23.7 Å². The van der Waals surface area contributed by atoms with Gasteiger partial charge in [-0.2, -0.15) is 0 Å². The predicted molar refractivity (Wildman–Crippen MR) is 141 cm³/mol. The third-order valence-electron chi connectivity index (χ3n) is 7.19. The molecule has 0 amide bonds. The monoisotopic (exact) mass is 525 g/mol. The van der Waals surface area contributed by atoms with E-state index in [1.807, 2.05) is 24.3 Å². The van der Waals surface area contributed by atoms with Gasteiger partial charge in [0.15, 0.2) is 9.84 Å². The lowest BCUT2D eigenvalue weighted by atomic mass is 9.99. The first-order valence-corrected chi connectivity index (χ1v) is 14.3. The molecule has 2 aliphatic rings. The number of aliphatic hydroxyl groups excluding tert-OH is 1. The Morgan fingerprint density at radius 3 is 2.69 bits per heavy atom. The van der Waals surface area contributed by atoms with Gasteiger partial charge < -0.3 is 14.8 Å². The smallest absolute Gasteiger partial charge is 0.181 e. The number of ether oxygens (including phenoxy) is 1. The van der Waals surface area contributed by atoms with Crippen LogP contribution >= 0.6 is 11.6 Å². The minimum Gasteiger partial charge on any atom is -0.490 e. The third kappa shape index (κ3) is 4.47. The number of aromatic nitrogens is 2. The molecule has 2 fully saturated rings. The van der Waals surface area contributed by atoms with Crippen LogP contribution in [0.25, 0.3) is 33.1 Å². The quantitative estimate of drug-likeness (QED) is 0.359. The molecule has 0 spiro atoms. The van der Waals surface area contributed by atoms with Gasteiger partial charge >= 0.3 is 0 Å². The number of hydrogen-bond acceptors (Lipinski definition) is 6. The van der Waals surface area contributed by atoms with Crippen molar-refractivity contribution < 1.29 is 18.3 Å². The van der Waals surface area contributed by atoms with Gasteiger partial charge in [-0.3, -0.25) is 4.90 Å². The van der Waals surface area contributed by atoms with Crippen LogP contribution in [-0.2, 0) is 9.84 Å². The molecule has 0 atom stereocenters. The number of hydrogen-bond donors (Lipinski definition) is 2. The molecule has 2 aromatic heterocycles. The topological polar surface area (TPSA) is 95.5 Å². The maximum absolute atomic E-state index is 12.9. The minimum absolute atomic E-state index is 0.197. The Labute approximate surface area is 215 Å². The first kappa shape index (κ1) is 23.7. The van der Waals surface area contributed by atoms with Crippen LogP contribution in [-0.4, -0.2) is 66.0 Å². The van der Waals surface area contributed by atoms with Crippen molar-refractivity contribution in [2.24, 2.45) is 0 Å². The van der Waals surface area contributed by atoms with Crippen LogP contribution in [0.15, 0.2) is 53.6 Å². The summed E-state index contributed by atoms with van der Waals surface area (Å²) in [5.41, 5.74) is 3.21. The van der Waals surface area contributed by atoms with Gasteiger partial charge in [0.2, 0.25) is 0 Å². The molecule has 36 heavy (non-hydrogen) atoms. The average molecular weight is 526 g/mol. The Morgan fingerprint density at radius 2 is 1.92 bits per heavy atom. The number of pyridine rings is 1. The molecular weight excluding hydrogens is 498 g/mol. The first-order chi connectivity index (χ1) is 17.4. The molecule has 1 aliphatic heterocycles. The molecule has 3 heterocycles. The van der Waals surface area contributed by atoms with E-state index in [1.54, 1.807) is 24.4 Å². The summed E-state index contributed by atoms with van der Waals surface area (Å²) in [5.74, 6) is 0.710. The summed E-state index contributed by atoms with van der Waals surface area (Å²) < 4.78 is 32.0. The summed E-state index contributed by atoms with van der Waals surface area (Å²) in [6, 6.07) is 13.0. The van der Waals surface area contributed by atoms with E-state index >= 15 is 0 Å². The number of likely N-dealkylation sites (tertiary alicyclic amines) is 1. The third-order valence-corrected chi connectivity index (χ3v) is 9.66. The Hall–Kier alpha value is -2.65. The molecular formula is C27H28ClN3O4S. The van der Waals surface area contributed by atoms with Crippen LogP contribution in [0.5, 0.6) is 5.75 Å². The van der Waals surface area contributed by atoms with Crippen LogP contribution in [0.3, 0.4) is 0 Å². The fraction of sp³-hybridized carbons (Fsp3) is 0.370. The number of H-pyrrole nitrogens is 1. The number of aliphatic hydroxyl groups is 1. The fourth-order valence-electron chi connectivity index (χ4n) is 5.04. The first-order valence-electron chi connectivity index (χ1n) is 12.4. The number of piperidine rings is 1. The second-order valence-electron chi connectivity index (χ2n) is 9.73. The molecule has 9 heteroatoms. The van der Waals surface area contributed by atoms with E-state index in [0.29, 0.717) is 27.9 Å². The second kappa shape index (κ2) is 9.34. The van der Waals surface area contributed by atoms with Crippen molar-refractivity contribution in [2.45, 2.75) is 41.9 Å². The van der Waals surface area contributed by atoms with E-state index in [1.165, 1.54) is 0 Å². The zero-order valence-corrected chi connectivity index (χ0v) is 21.4. The molecule has 188 valence electrons. The van der Waals surface area contributed by atoms with Crippen LogP contribution in [0.1, 0.15) is 25.7 Å². The van der Waals surface area contributed by atoms with Gasteiger partial charge in [-0.05, 0) is 67.1 Å². The number of benzene rings is 2. The molecule has 6 rings (SSSR count). The van der Waals surface area contributed by atoms with E-state index in [-0.39, 0.29) is 11.4 Å². The van der Waals surface area contributed by atoms with E-state index in [9.17, 15) is 13.5 Å². The van der Waals surface area contributed by atoms with Gasteiger partial charge in [0.1, 0.15) is 18.0 Å². The molecule has 4 aromatic rings. The molecule has 1 aliphatic carbocycles. The lowest BCUT2D eigenvalue weighted by Gasteiger charge is -2.29. The SMILES string of the molecule is O=S(=O)(c1cccc(-c2ccc(OCCN3CCC(O)CC3)c3[nH]c4ncc(Cl)cc4c23)c1)C1CC1. The highest BCUT2D eigenvalue weighted by Crippen LogP contribution is 2.41. The zero-order chi connectivity index (χ0) is 24.9. The number of nitrogens with one attached hydrogen (secondary N) is 1. The van der Waals surface area contributed by atoms with Gasteiger partial charge in [-0.15, -0.1) is 0 Å². The average Bonchev–Trinajstić information content (AvgIpc) is 3.68. The number of sulfone groups is 1. The van der Waals surface area contributed by atoms with Crippen molar-refractivity contribution in [3.05, 3.63) is 53.7 Å². The lowest BCUT2D eigenvalue weighted by Crippen LogP contribution is -2.38. The minimum atomic E-state index is -3.31. The van der Waals surface area contributed by atoms with Crippen molar-refractivity contribution in [1.29, 1.82) is 0 Å². The van der Waals surface area contributed by atoms with Crippen molar-refractivity contribution in [1.82, 2.24) is 14.9 Å². The maximum atomic E-state index is 12.9. The predicted octanol–water partition coefficient (Wildman–Crippen LogP) is 4.81. The van der Waals surface area contributed by atoms with Gasteiger partial charge in [-0.25, -0.2) is 13.4 Å². The number of fused-ring (bicyclic) bond motifs is 3. The number of halogens is 1. The number of nitrogens with zero attached hydrogens (tertiary/aromatic N) is 2. The van der Waals surface area contributed by atoms with Gasteiger partial charge in [0.05, 0.1) is 26.8 Å². The van der Waals surface area contributed by atoms with Gasteiger partial charge in [0.25, 0.3) is 0 Å². The van der Waals surface area contributed by atoms with Crippen molar-refractivity contribution in [2.75, 3.05) is 26.2 Å². The highest BCUT2D eigenvalue weighted by molar-refractivity contribution is 7.92. The lowest BCUT2D eigenvalue weighted by molar-refractivity contribution is 0.0756. The number of rotatable bonds is 7. The molecule has 1 saturated carbocycles. The second-order valence-corrected chi connectivity index (χ2v) is 12.4. The summed E-state index contributed by atoms with van der Waals surface area (Å²) in [4.78, 5) is 10.5. The highest BCUT2D eigenvalue weighted by Gasteiger charge is 2.37. The summed E-state index contributed by atoms with van der Waals surface area (Å²) in [5, 5.41) is 11.8. The summed E-state index contributed by atoms with van der Waals surface area (Å²) in [6.07, 6.45) is 4.46. The van der Waals surface area contributed by atoms with Gasteiger partial charge in [0, 0.05) is 36.6 Å². The maximum Gasteiger partial charge on any atom is 0.181 e. The molecule has 1 saturated heterocycles. The molecule has 7 nitrogen and oxygen atoms in total. The standard InChI is InChI=1S/C27H28ClN3O4S/c28-18-15-23-25-22(17-2-1-3-21(14-17)36(33,34)20-4-5-20)6-7-24(26(25)30-27(23)29-16-18)35-13-12-31-10-8-19(32)9-11-31/h1-3,6-7,14-16,19-20,32H,4-5,8-13H2,(H,29,30). The Morgan fingerprint density at radius 1 is 1.11 bits per heavy atom. The summed E-state index contributed by atoms with van der Waals surface area (Å²) in [6.45, 7) is 3.03. The van der Waals surface area contributed by atoms with Crippen LogP contribution in [0.4, 0.5) is 0 Å². The molecule has 0 unspecified atom stereocenters. The zero-order valence-electron chi connectivity index (χ0n) is 19.8.